The van der Waals surface area contributed by atoms with Gasteiger partial charge in [0, 0.05) is 18.2 Å². The molecule has 1 aromatic heterocycles. The van der Waals surface area contributed by atoms with Crippen molar-refractivity contribution in [1.82, 2.24) is 20.2 Å². The molecule has 2 N–H and O–H groups in total. The van der Waals surface area contributed by atoms with E-state index >= 15 is 0 Å². The van der Waals surface area contributed by atoms with Gasteiger partial charge in [0.05, 0.1) is 23.9 Å². The molecule has 0 spiro atoms. The molecule has 112 valence electrons. The molecule has 1 heterocycles. The number of aromatic amines is 1. The van der Waals surface area contributed by atoms with Gasteiger partial charge in [-0.25, -0.2) is 4.98 Å². The quantitative estimate of drug-likeness (QED) is 0.899. The van der Waals surface area contributed by atoms with E-state index in [0.717, 1.165) is 11.0 Å². The summed E-state index contributed by atoms with van der Waals surface area (Å²) in [5.74, 6) is -0.378. The van der Waals surface area contributed by atoms with Crippen molar-refractivity contribution < 1.29 is 9.59 Å². The van der Waals surface area contributed by atoms with E-state index in [1.807, 2.05) is 20.8 Å². The van der Waals surface area contributed by atoms with Crippen LogP contribution in [0, 0.1) is 0 Å². The first-order chi connectivity index (χ1) is 9.76. The molecule has 0 atom stereocenters. The van der Waals surface area contributed by atoms with Crippen molar-refractivity contribution in [2.45, 2.75) is 26.3 Å². The van der Waals surface area contributed by atoms with Gasteiger partial charge < -0.3 is 15.2 Å². The lowest BCUT2D eigenvalue weighted by molar-refractivity contribution is -0.122. The van der Waals surface area contributed by atoms with Gasteiger partial charge in [0.2, 0.25) is 5.91 Å². The smallest absolute Gasteiger partial charge is 0.254 e. The Morgan fingerprint density at radius 1 is 1.33 bits per heavy atom. The summed E-state index contributed by atoms with van der Waals surface area (Å²) >= 11 is 0. The molecule has 1 aromatic carbocycles. The van der Waals surface area contributed by atoms with Gasteiger partial charge in [-0.3, -0.25) is 9.59 Å². The average molecular weight is 288 g/mol. The predicted molar refractivity (Wildman–Crippen MR) is 80.9 cm³/mol. The largest absolute Gasteiger partial charge is 0.350 e. The molecule has 0 bridgehead atoms. The molecule has 0 saturated carbocycles. The summed E-state index contributed by atoms with van der Waals surface area (Å²) in [5, 5.41) is 2.83. The van der Waals surface area contributed by atoms with Crippen LogP contribution in [0.25, 0.3) is 11.0 Å². The third-order valence-corrected chi connectivity index (χ3v) is 2.91. The Morgan fingerprint density at radius 3 is 2.71 bits per heavy atom. The summed E-state index contributed by atoms with van der Waals surface area (Å²) in [4.78, 5) is 32.7. The molecule has 2 aromatic rings. The van der Waals surface area contributed by atoms with Gasteiger partial charge in [0.15, 0.2) is 0 Å². The first kappa shape index (κ1) is 15.0. The number of carbonyl (C=O) groups excluding carboxylic acids is 2. The van der Waals surface area contributed by atoms with Crippen molar-refractivity contribution in [3.05, 3.63) is 30.1 Å². The monoisotopic (exact) mass is 288 g/mol. The maximum atomic E-state index is 12.3. The summed E-state index contributed by atoms with van der Waals surface area (Å²) in [6, 6.07) is 5.23. The van der Waals surface area contributed by atoms with Crippen molar-refractivity contribution in [3.63, 3.8) is 0 Å². The molecule has 0 fully saturated rings. The van der Waals surface area contributed by atoms with Crippen LogP contribution in [0.3, 0.4) is 0 Å². The summed E-state index contributed by atoms with van der Waals surface area (Å²) < 4.78 is 0. The van der Waals surface area contributed by atoms with Crippen LogP contribution in [0.15, 0.2) is 24.5 Å². The van der Waals surface area contributed by atoms with Crippen LogP contribution >= 0.6 is 0 Å². The summed E-state index contributed by atoms with van der Waals surface area (Å²) in [6.45, 7) is 5.73. The van der Waals surface area contributed by atoms with E-state index < -0.39 is 0 Å². The van der Waals surface area contributed by atoms with Gasteiger partial charge in [0.25, 0.3) is 5.91 Å². The number of nitrogens with one attached hydrogen (secondary N) is 2. The van der Waals surface area contributed by atoms with Crippen molar-refractivity contribution in [2.75, 3.05) is 13.6 Å². The molecule has 2 amide bonds. The first-order valence-corrected chi connectivity index (χ1v) is 6.76. The highest BCUT2D eigenvalue weighted by atomic mass is 16.2. The molecule has 0 unspecified atom stereocenters. The lowest BCUT2D eigenvalue weighted by Crippen LogP contribution is -2.46. The molecule has 0 aliphatic rings. The Bertz CT molecular complexity index is 670. The number of benzene rings is 1. The number of hydrogen-bond donors (Lipinski definition) is 2. The van der Waals surface area contributed by atoms with E-state index in [2.05, 4.69) is 15.3 Å². The number of rotatable bonds is 3. The van der Waals surface area contributed by atoms with E-state index in [1.54, 1.807) is 31.6 Å². The van der Waals surface area contributed by atoms with E-state index in [1.165, 1.54) is 4.90 Å². The van der Waals surface area contributed by atoms with Gasteiger partial charge >= 0.3 is 0 Å². The Hall–Kier alpha value is -2.37. The Balaban J connectivity index is 2.06. The molecule has 0 aliphatic carbocycles. The lowest BCUT2D eigenvalue weighted by Gasteiger charge is -2.23. The zero-order valence-electron chi connectivity index (χ0n) is 12.7. The van der Waals surface area contributed by atoms with E-state index in [-0.39, 0.29) is 23.9 Å². The van der Waals surface area contributed by atoms with E-state index in [4.69, 9.17) is 0 Å². The number of hydrogen-bond acceptors (Lipinski definition) is 3. The second-order valence-electron chi connectivity index (χ2n) is 6.09. The second-order valence-corrected chi connectivity index (χ2v) is 6.09. The number of imidazole rings is 1. The highest BCUT2D eigenvalue weighted by Gasteiger charge is 2.19. The topological polar surface area (TPSA) is 78.1 Å². The van der Waals surface area contributed by atoms with Crippen LogP contribution in [0.2, 0.25) is 0 Å². The first-order valence-electron chi connectivity index (χ1n) is 6.76. The van der Waals surface area contributed by atoms with E-state index in [0.29, 0.717) is 5.56 Å². The number of aromatic nitrogens is 2. The maximum absolute atomic E-state index is 12.3. The van der Waals surface area contributed by atoms with Gasteiger partial charge in [-0.2, -0.15) is 0 Å². The fourth-order valence-corrected chi connectivity index (χ4v) is 2.03. The van der Waals surface area contributed by atoms with Crippen LogP contribution in [-0.4, -0.2) is 45.8 Å². The molecule has 6 heteroatoms. The fraction of sp³-hybridized carbons (Fsp3) is 0.400. The molecule has 6 nitrogen and oxygen atoms in total. The second kappa shape index (κ2) is 5.55. The number of H-pyrrole nitrogens is 1. The third-order valence-electron chi connectivity index (χ3n) is 2.91. The molecule has 0 radical (unpaired) electrons. The predicted octanol–water partition coefficient (Wildman–Crippen LogP) is 1.55. The number of carbonyl (C=O) groups is 2. The molecule has 0 aliphatic heterocycles. The number of fused-ring (bicyclic) bond motifs is 1. The Morgan fingerprint density at radius 2 is 2.05 bits per heavy atom. The molecular weight excluding hydrogens is 268 g/mol. The Kier molecular flexibility index (Phi) is 3.97. The van der Waals surface area contributed by atoms with Gasteiger partial charge in [-0.05, 0) is 39.0 Å². The minimum atomic E-state index is -0.310. The maximum Gasteiger partial charge on any atom is 0.254 e. The average Bonchev–Trinajstić information content (AvgIpc) is 2.82. The highest BCUT2D eigenvalue weighted by molar-refractivity contribution is 5.98. The zero-order chi connectivity index (χ0) is 15.6. The van der Waals surface area contributed by atoms with Crippen molar-refractivity contribution in [1.29, 1.82) is 0 Å². The summed E-state index contributed by atoms with van der Waals surface area (Å²) in [7, 11) is 1.61. The lowest BCUT2D eigenvalue weighted by atomic mass is 10.1. The van der Waals surface area contributed by atoms with Crippen LogP contribution < -0.4 is 5.32 Å². The minimum absolute atomic E-state index is 0.0249. The number of nitrogens with zero attached hydrogens (tertiary/aromatic N) is 2. The summed E-state index contributed by atoms with van der Waals surface area (Å²) in [5.41, 5.74) is 1.82. The van der Waals surface area contributed by atoms with Crippen LogP contribution in [-0.2, 0) is 4.79 Å². The summed E-state index contributed by atoms with van der Waals surface area (Å²) in [6.07, 6.45) is 1.58. The molecule has 0 saturated heterocycles. The Labute approximate surface area is 123 Å². The standard InChI is InChI=1S/C15H20N4O2/c1-15(2,3)18-13(20)8-19(4)14(21)10-5-6-11-12(7-10)17-9-16-11/h5-7,9H,8H2,1-4H3,(H,16,17)(H,18,20). The van der Waals surface area contributed by atoms with Crippen LogP contribution in [0.5, 0.6) is 0 Å². The minimum Gasteiger partial charge on any atom is -0.350 e. The highest BCUT2D eigenvalue weighted by Crippen LogP contribution is 2.13. The fourth-order valence-electron chi connectivity index (χ4n) is 2.03. The van der Waals surface area contributed by atoms with Crippen molar-refractivity contribution >= 4 is 22.8 Å². The SMILES string of the molecule is CN(CC(=O)NC(C)(C)C)C(=O)c1ccc2nc[nH]c2c1. The van der Waals surface area contributed by atoms with Crippen molar-refractivity contribution in [3.8, 4) is 0 Å². The zero-order valence-corrected chi connectivity index (χ0v) is 12.7. The third kappa shape index (κ3) is 3.81. The molecule has 2 rings (SSSR count). The number of likely N-dealkylation sites (N-methyl/N-ethyl adjacent to an activating group) is 1. The van der Waals surface area contributed by atoms with Crippen LogP contribution in [0.4, 0.5) is 0 Å². The van der Waals surface area contributed by atoms with Gasteiger partial charge in [-0.15, -0.1) is 0 Å². The van der Waals surface area contributed by atoms with E-state index in [9.17, 15) is 9.59 Å². The number of amides is 2. The van der Waals surface area contributed by atoms with Crippen molar-refractivity contribution in [2.24, 2.45) is 0 Å². The molecule has 21 heavy (non-hydrogen) atoms. The molecular formula is C15H20N4O2. The normalized spacial score (nSPS) is 11.4. The van der Waals surface area contributed by atoms with Gasteiger partial charge in [0.1, 0.15) is 0 Å². The van der Waals surface area contributed by atoms with Crippen LogP contribution in [0.1, 0.15) is 31.1 Å². The van der Waals surface area contributed by atoms with Gasteiger partial charge in [-0.1, -0.05) is 0 Å².